The Labute approximate surface area is 140 Å². The number of hydrogen-bond donors (Lipinski definition) is 2. The average molecular weight is 331 g/mol. The summed E-state index contributed by atoms with van der Waals surface area (Å²) in [7, 11) is 3.24. The molecule has 2 atom stereocenters. The first-order valence-corrected chi connectivity index (χ1v) is 7.47. The van der Waals surface area contributed by atoms with Gasteiger partial charge in [-0.15, -0.1) is 6.42 Å². The predicted octanol–water partition coefficient (Wildman–Crippen LogP) is -0.0206. The third-order valence-electron chi connectivity index (χ3n) is 4.09. The van der Waals surface area contributed by atoms with E-state index >= 15 is 0 Å². The van der Waals surface area contributed by atoms with E-state index in [-0.39, 0.29) is 29.2 Å². The second kappa shape index (κ2) is 7.19. The highest BCUT2D eigenvalue weighted by Gasteiger charge is 2.37. The summed E-state index contributed by atoms with van der Waals surface area (Å²) in [5.74, 6) is 2.01. The first-order valence-electron chi connectivity index (χ1n) is 7.47. The molecule has 8 heteroatoms. The minimum atomic E-state index is -0.649. The van der Waals surface area contributed by atoms with E-state index in [1.54, 1.807) is 23.7 Å². The zero-order chi connectivity index (χ0) is 17.9. The molecule has 2 rings (SSSR count). The number of rotatable bonds is 6. The quantitative estimate of drug-likeness (QED) is 0.563. The predicted molar refractivity (Wildman–Crippen MR) is 89.5 cm³/mol. The van der Waals surface area contributed by atoms with Crippen molar-refractivity contribution in [2.45, 2.75) is 18.5 Å². The minimum Gasteiger partial charge on any atom is -0.383 e. The number of ether oxygens (including phenoxy) is 1. The minimum absolute atomic E-state index is 0.106. The standard InChI is InChI=1S/C16H21N5O3/c1-5-12-14(15(17)23)16(18-3)21(19-12)10-7-11(9-24-4)20(8-10)13(22)6-2/h1,6,10-11,18H,2,7-9H2,3-4H3,(H2,17,23). The fraction of sp³-hybridized carbons (Fsp3) is 0.438. The van der Waals surface area contributed by atoms with Crippen LogP contribution in [-0.2, 0) is 9.53 Å². The van der Waals surface area contributed by atoms with Gasteiger partial charge in [-0.05, 0) is 18.4 Å². The van der Waals surface area contributed by atoms with Gasteiger partial charge in [0.2, 0.25) is 5.91 Å². The Balaban J connectivity index is 2.42. The van der Waals surface area contributed by atoms with E-state index in [1.807, 2.05) is 0 Å². The third kappa shape index (κ3) is 2.98. The SMILES string of the molecule is C#Cc1nn(C2CC(COC)N(C(=O)C=C)C2)c(NC)c1C(N)=O. The highest BCUT2D eigenvalue weighted by Crippen LogP contribution is 2.32. The summed E-state index contributed by atoms with van der Waals surface area (Å²) in [6.45, 7) is 4.35. The van der Waals surface area contributed by atoms with Crippen molar-refractivity contribution in [1.82, 2.24) is 14.7 Å². The first-order chi connectivity index (χ1) is 11.5. The number of carbonyl (C=O) groups excluding carboxylic acids is 2. The summed E-state index contributed by atoms with van der Waals surface area (Å²) >= 11 is 0. The topological polar surface area (TPSA) is 102 Å². The Morgan fingerprint density at radius 1 is 1.62 bits per heavy atom. The lowest BCUT2D eigenvalue weighted by atomic mass is 10.1. The lowest BCUT2D eigenvalue weighted by Crippen LogP contribution is -2.37. The van der Waals surface area contributed by atoms with Crippen molar-refractivity contribution in [3.05, 3.63) is 23.9 Å². The van der Waals surface area contributed by atoms with Crippen LogP contribution in [0.25, 0.3) is 0 Å². The lowest BCUT2D eigenvalue weighted by molar-refractivity contribution is -0.127. The Hall–Kier alpha value is -2.79. The van der Waals surface area contributed by atoms with Crippen LogP contribution in [0.2, 0.25) is 0 Å². The van der Waals surface area contributed by atoms with Gasteiger partial charge in [0.1, 0.15) is 17.1 Å². The largest absolute Gasteiger partial charge is 0.383 e. The second-order valence-corrected chi connectivity index (χ2v) is 5.47. The van der Waals surface area contributed by atoms with Gasteiger partial charge in [-0.25, -0.2) is 4.68 Å². The third-order valence-corrected chi connectivity index (χ3v) is 4.09. The number of methoxy groups -OCH3 is 1. The summed E-state index contributed by atoms with van der Waals surface area (Å²) in [5, 5.41) is 7.26. The summed E-state index contributed by atoms with van der Waals surface area (Å²) in [6, 6.07) is -0.262. The molecule has 1 fully saturated rings. The van der Waals surface area contributed by atoms with Gasteiger partial charge >= 0.3 is 0 Å². The molecule has 1 aliphatic heterocycles. The second-order valence-electron chi connectivity index (χ2n) is 5.47. The molecule has 1 saturated heterocycles. The molecule has 0 bridgehead atoms. The summed E-state index contributed by atoms with van der Waals surface area (Å²) in [5.41, 5.74) is 5.79. The van der Waals surface area contributed by atoms with Crippen LogP contribution in [0.5, 0.6) is 0 Å². The fourth-order valence-corrected chi connectivity index (χ4v) is 3.08. The molecule has 8 nitrogen and oxygen atoms in total. The molecular weight excluding hydrogens is 310 g/mol. The van der Waals surface area contributed by atoms with Gasteiger partial charge in [0, 0.05) is 20.7 Å². The van der Waals surface area contributed by atoms with Crippen LogP contribution in [0, 0.1) is 12.3 Å². The van der Waals surface area contributed by atoms with E-state index in [0.717, 1.165) is 0 Å². The molecule has 3 N–H and O–H groups in total. The Kier molecular flexibility index (Phi) is 5.26. The van der Waals surface area contributed by atoms with E-state index < -0.39 is 5.91 Å². The number of hydrogen-bond acceptors (Lipinski definition) is 5. The molecule has 1 aliphatic rings. The molecule has 0 spiro atoms. The molecule has 2 amide bonds. The maximum absolute atomic E-state index is 12.1. The van der Waals surface area contributed by atoms with Gasteiger partial charge in [0.05, 0.1) is 18.7 Å². The van der Waals surface area contributed by atoms with Crippen molar-refractivity contribution < 1.29 is 14.3 Å². The lowest BCUT2D eigenvalue weighted by Gasteiger charge is -2.22. The number of nitrogens with one attached hydrogen (secondary N) is 1. The fourth-order valence-electron chi connectivity index (χ4n) is 3.08. The van der Waals surface area contributed by atoms with Gasteiger partial charge in [-0.2, -0.15) is 5.10 Å². The number of nitrogens with zero attached hydrogens (tertiary/aromatic N) is 3. The summed E-state index contributed by atoms with van der Waals surface area (Å²) in [6.07, 6.45) is 7.33. The number of anilines is 1. The Morgan fingerprint density at radius 2 is 2.33 bits per heavy atom. The van der Waals surface area contributed by atoms with Gasteiger partial charge < -0.3 is 20.7 Å². The molecule has 1 aromatic rings. The van der Waals surface area contributed by atoms with E-state index in [9.17, 15) is 9.59 Å². The smallest absolute Gasteiger partial charge is 0.255 e. The van der Waals surface area contributed by atoms with Crippen LogP contribution < -0.4 is 11.1 Å². The molecule has 0 aliphatic carbocycles. The number of nitrogens with two attached hydrogens (primary N) is 1. The monoisotopic (exact) mass is 331 g/mol. The normalized spacial score (nSPS) is 19.8. The summed E-state index contributed by atoms with van der Waals surface area (Å²) < 4.78 is 6.83. The number of likely N-dealkylation sites (tertiary alicyclic amines) is 1. The maximum Gasteiger partial charge on any atom is 0.255 e. The molecule has 0 saturated carbocycles. The zero-order valence-electron chi connectivity index (χ0n) is 13.8. The molecule has 128 valence electrons. The van der Waals surface area contributed by atoms with Gasteiger partial charge in [-0.3, -0.25) is 9.59 Å². The van der Waals surface area contributed by atoms with E-state index in [0.29, 0.717) is 25.4 Å². The molecule has 1 aromatic heterocycles. The Morgan fingerprint density at radius 3 is 2.83 bits per heavy atom. The number of primary amides is 1. The molecular formula is C16H21N5O3. The van der Waals surface area contributed by atoms with Crippen LogP contribution in [-0.4, -0.2) is 59.8 Å². The molecule has 24 heavy (non-hydrogen) atoms. The highest BCUT2D eigenvalue weighted by molar-refractivity contribution is 6.00. The van der Waals surface area contributed by atoms with Crippen LogP contribution in [0.1, 0.15) is 28.5 Å². The maximum atomic E-state index is 12.1. The molecule has 0 radical (unpaired) electrons. The van der Waals surface area contributed by atoms with Crippen molar-refractivity contribution in [3.8, 4) is 12.3 Å². The van der Waals surface area contributed by atoms with Crippen molar-refractivity contribution >= 4 is 17.6 Å². The summed E-state index contributed by atoms with van der Waals surface area (Å²) in [4.78, 5) is 25.5. The van der Waals surface area contributed by atoms with E-state index in [4.69, 9.17) is 16.9 Å². The number of aromatic nitrogens is 2. The van der Waals surface area contributed by atoms with Crippen molar-refractivity contribution in [1.29, 1.82) is 0 Å². The highest BCUT2D eigenvalue weighted by atomic mass is 16.5. The van der Waals surface area contributed by atoms with Gasteiger partial charge in [-0.1, -0.05) is 6.58 Å². The molecule has 0 aromatic carbocycles. The first kappa shape index (κ1) is 17.6. The van der Waals surface area contributed by atoms with Crippen molar-refractivity contribution in [3.63, 3.8) is 0 Å². The van der Waals surface area contributed by atoms with Crippen LogP contribution in [0.3, 0.4) is 0 Å². The van der Waals surface area contributed by atoms with Crippen LogP contribution >= 0.6 is 0 Å². The molecule has 2 heterocycles. The average Bonchev–Trinajstić information content (AvgIpc) is 3.15. The van der Waals surface area contributed by atoms with E-state index in [2.05, 4.69) is 22.9 Å². The van der Waals surface area contributed by atoms with Crippen molar-refractivity contribution in [2.75, 3.05) is 32.6 Å². The van der Waals surface area contributed by atoms with Gasteiger partial charge in [0.25, 0.3) is 5.91 Å². The Bertz CT molecular complexity index is 703. The van der Waals surface area contributed by atoms with E-state index in [1.165, 1.54) is 6.08 Å². The number of terminal acetylenes is 1. The van der Waals surface area contributed by atoms with Crippen LogP contribution in [0.4, 0.5) is 5.82 Å². The number of carbonyl (C=O) groups is 2. The van der Waals surface area contributed by atoms with Crippen LogP contribution in [0.15, 0.2) is 12.7 Å². The zero-order valence-corrected chi connectivity index (χ0v) is 13.8. The number of amides is 2. The van der Waals surface area contributed by atoms with Gasteiger partial charge in [0.15, 0.2) is 0 Å². The van der Waals surface area contributed by atoms with Crippen molar-refractivity contribution in [2.24, 2.45) is 5.73 Å². The molecule has 2 unspecified atom stereocenters.